The number of carbonyl (C=O) groups excluding carboxylic acids is 1. The summed E-state index contributed by atoms with van der Waals surface area (Å²) in [7, 11) is 0. The van der Waals surface area contributed by atoms with Crippen LogP contribution < -0.4 is 11.5 Å². The molecule has 0 unspecified atom stereocenters. The number of anilines is 1. The van der Waals surface area contributed by atoms with E-state index in [1.165, 1.54) is 11.3 Å². The minimum atomic E-state index is -4.86. The molecule has 1 heterocycles. The van der Waals surface area contributed by atoms with Gasteiger partial charge in [0.15, 0.2) is 5.13 Å². The van der Waals surface area contributed by atoms with Gasteiger partial charge in [-0.05, 0) is 0 Å². The number of halogens is 3. The number of amides is 1. The lowest BCUT2D eigenvalue weighted by atomic mass is 10.6. The van der Waals surface area contributed by atoms with Crippen molar-refractivity contribution in [2.24, 2.45) is 5.73 Å². The molecule has 0 aromatic carbocycles. The lowest BCUT2D eigenvalue weighted by molar-refractivity contribution is -0.169. The van der Waals surface area contributed by atoms with Gasteiger partial charge in [0, 0.05) is 11.6 Å². The number of thiazole rings is 1. The second-order valence-corrected chi connectivity index (χ2v) is 2.66. The monoisotopic (exact) mass is 213 g/mol. The molecule has 1 amide bonds. The highest BCUT2D eigenvalue weighted by atomic mass is 32.1. The highest BCUT2D eigenvalue weighted by molar-refractivity contribution is 7.13. The van der Waals surface area contributed by atoms with Crippen LogP contribution in [0.3, 0.4) is 0 Å². The van der Waals surface area contributed by atoms with E-state index in [9.17, 15) is 13.2 Å². The first-order chi connectivity index (χ1) is 5.84. The number of nitrogen functional groups attached to an aromatic ring is 1. The second-order valence-electron chi connectivity index (χ2n) is 1.73. The van der Waals surface area contributed by atoms with E-state index >= 15 is 0 Å². The van der Waals surface area contributed by atoms with Crippen LogP contribution >= 0.6 is 11.3 Å². The molecule has 1 aromatic heterocycles. The van der Waals surface area contributed by atoms with Gasteiger partial charge in [-0.2, -0.15) is 13.2 Å². The van der Waals surface area contributed by atoms with Crippen molar-refractivity contribution in [3.8, 4) is 0 Å². The smallest absolute Gasteiger partial charge is 0.375 e. The molecular formula is C5H6F3N3OS. The van der Waals surface area contributed by atoms with Crippen LogP contribution in [-0.4, -0.2) is 17.1 Å². The van der Waals surface area contributed by atoms with E-state index in [-0.39, 0.29) is 0 Å². The Bertz CT molecular complexity index is 258. The third kappa shape index (κ3) is 5.91. The van der Waals surface area contributed by atoms with E-state index in [0.717, 1.165) is 0 Å². The maximum absolute atomic E-state index is 10.7. The number of rotatable bonds is 0. The summed E-state index contributed by atoms with van der Waals surface area (Å²) in [6, 6.07) is 0. The Labute approximate surface area is 75.4 Å². The van der Waals surface area contributed by atoms with Gasteiger partial charge in [-0.3, -0.25) is 4.79 Å². The largest absolute Gasteiger partial charge is 0.470 e. The summed E-state index contributed by atoms with van der Waals surface area (Å²) in [6.45, 7) is 0. The Morgan fingerprint density at radius 1 is 1.54 bits per heavy atom. The standard InChI is InChI=1S/C3H4N2S.C2H2F3NO/c4-3-5-1-2-6-3;3-2(4,5)1(6)7/h1-2H,(H2,4,5);(H2,6,7). The van der Waals surface area contributed by atoms with Gasteiger partial charge in [-0.1, -0.05) is 0 Å². The second kappa shape index (κ2) is 4.65. The number of nitrogens with zero attached hydrogens (tertiary/aromatic N) is 1. The van der Waals surface area contributed by atoms with Crippen molar-refractivity contribution in [2.75, 3.05) is 5.73 Å². The minimum Gasteiger partial charge on any atom is -0.375 e. The summed E-state index contributed by atoms with van der Waals surface area (Å²) >= 11 is 1.44. The molecule has 0 saturated heterocycles. The van der Waals surface area contributed by atoms with Gasteiger partial charge in [0.1, 0.15) is 0 Å². The number of carbonyl (C=O) groups is 1. The van der Waals surface area contributed by atoms with Crippen LogP contribution in [0.15, 0.2) is 11.6 Å². The number of hydrogen-bond donors (Lipinski definition) is 2. The fourth-order valence-corrected chi connectivity index (χ4v) is 0.617. The Hall–Kier alpha value is -1.31. The highest BCUT2D eigenvalue weighted by Crippen LogP contribution is 2.11. The summed E-state index contributed by atoms with van der Waals surface area (Å²) in [5.41, 5.74) is 8.99. The number of primary amides is 1. The highest BCUT2D eigenvalue weighted by Gasteiger charge is 2.35. The zero-order valence-corrected chi connectivity index (χ0v) is 7.02. The van der Waals surface area contributed by atoms with Crippen molar-refractivity contribution in [1.82, 2.24) is 4.98 Å². The SMILES string of the molecule is NC(=O)C(F)(F)F.Nc1nccs1. The summed E-state index contributed by atoms with van der Waals surface area (Å²) < 4.78 is 32.1. The van der Waals surface area contributed by atoms with Crippen molar-refractivity contribution in [2.45, 2.75) is 6.18 Å². The van der Waals surface area contributed by atoms with Gasteiger partial charge in [-0.25, -0.2) is 4.98 Å². The van der Waals surface area contributed by atoms with Gasteiger partial charge < -0.3 is 11.5 Å². The first-order valence-electron chi connectivity index (χ1n) is 2.85. The summed E-state index contributed by atoms with van der Waals surface area (Å²) in [5, 5.41) is 2.48. The molecule has 0 radical (unpaired) electrons. The minimum absolute atomic E-state index is 0.634. The topological polar surface area (TPSA) is 82.0 Å². The lowest BCUT2D eigenvalue weighted by Crippen LogP contribution is -2.30. The molecule has 0 atom stereocenters. The maximum atomic E-state index is 10.7. The summed E-state index contributed by atoms with van der Waals surface area (Å²) in [4.78, 5) is 12.8. The van der Waals surface area contributed by atoms with E-state index in [0.29, 0.717) is 5.13 Å². The zero-order chi connectivity index (χ0) is 10.5. The predicted molar refractivity (Wildman–Crippen MR) is 41.8 cm³/mol. The van der Waals surface area contributed by atoms with Crippen molar-refractivity contribution in [3.63, 3.8) is 0 Å². The van der Waals surface area contributed by atoms with Crippen LogP contribution in [0.5, 0.6) is 0 Å². The normalized spacial score (nSPS) is 10.1. The van der Waals surface area contributed by atoms with E-state index in [4.69, 9.17) is 10.5 Å². The number of aromatic nitrogens is 1. The van der Waals surface area contributed by atoms with Crippen molar-refractivity contribution in [1.29, 1.82) is 0 Å². The first kappa shape index (κ1) is 11.7. The molecule has 74 valence electrons. The van der Waals surface area contributed by atoms with Crippen LogP contribution in [-0.2, 0) is 4.79 Å². The zero-order valence-electron chi connectivity index (χ0n) is 6.21. The Kier molecular flexibility index (Phi) is 4.18. The molecule has 4 nitrogen and oxygen atoms in total. The molecule has 1 rings (SSSR count). The van der Waals surface area contributed by atoms with E-state index in [2.05, 4.69) is 10.7 Å². The quantitative estimate of drug-likeness (QED) is 0.667. The molecule has 1 aromatic rings. The van der Waals surface area contributed by atoms with E-state index in [1.54, 1.807) is 6.20 Å². The number of hydrogen-bond acceptors (Lipinski definition) is 4. The van der Waals surface area contributed by atoms with E-state index in [1.807, 2.05) is 5.38 Å². The molecule has 0 bridgehead atoms. The van der Waals surface area contributed by atoms with Gasteiger partial charge in [0.2, 0.25) is 0 Å². The van der Waals surface area contributed by atoms with Crippen LogP contribution in [0.25, 0.3) is 0 Å². The summed E-state index contributed by atoms with van der Waals surface area (Å²) in [5.74, 6) is -2.26. The van der Waals surface area contributed by atoms with Crippen LogP contribution in [0.1, 0.15) is 0 Å². The lowest BCUT2D eigenvalue weighted by Gasteiger charge is -1.95. The van der Waals surface area contributed by atoms with Crippen molar-refractivity contribution >= 4 is 22.4 Å². The molecule has 8 heteroatoms. The molecule has 0 aliphatic carbocycles. The molecule has 4 N–H and O–H groups in total. The molecule has 0 aliphatic heterocycles. The van der Waals surface area contributed by atoms with Gasteiger partial charge in [-0.15, -0.1) is 11.3 Å². The summed E-state index contributed by atoms with van der Waals surface area (Å²) in [6.07, 6.45) is -3.18. The average molecular weight is 213 g/mol. The molecular weight excluding hydrogens is 207 g/mol. The molecule has 13 heavy (non-hydrogen) atoms. The number of alkyl halides is 3. The predicted octanol–water partition coefficient (Wildman–Crippen LogP) is 0.759. The van der Waals surface area contributed by atoms with Gasteiger partial charge >= 0.3 is 12.1 Å². The Balaban J connectivity index is 0.000000223. The maximum Gasteiger partial charge on any atom is 0.470 e. The molecule has 0 saturated carbocycles. The fraction of sp³-hybridized carbons (Fsp3) is 0.200. The van der Waals surface area contributed by atoms with E-state index < -0.39 is 12.1 Å². The first-order valence-corrected chi connectivity index (χ1v) is 3.73. The molecule has 0 fully saturated rings. The molecule has 0 spiro atoms. The van der Waals surface area contributed by atoms with Gasteiger partial charge in [0.05, 0.1) is 0 Å². The average Bonchev–Trinajstić information content (AvgIpc) is 2.38. The third-order valence-electron chi connectivity index (χ3n) is 0.731. The van der Waals surface area contributed by atoms with Crippen LogP contribution in [0.4, 0.5) is 18.3 Å². The third-order valence-corrected chi connectivity index (χ3v) is 1.34. The Morgan fingerprint density at radius 2 is 2.00 bits per heavy atom. The Morgan fingerprint density at radius 3 is 2.08 bits per heavy atom. The van der Waals surface area contributed by atoms with Crippen molar-refractivity contribution < 1.29 is 18.0 Å². The van der Waals surface area contributed by atoms with Crippen molar-refractivity contribution in [3.05, 3.63) is 11.6 Å². The fourth-order valence-electron chi connectivity index (χ4n) is 0.234. The molecule has 0 aliphatic rings. The van der Waals surface area contributed by atoms with Gasteiger partial charge in [0.25, 0.3) is 0 Å². The van der Waals surface area contributed by atoms with Crippen LogP contribution in [0.2, 0.25) is 0 Å². The number of nitrogens with two attached hydrogens (primary N) is 2. The van der Waals surface area contributed by atoms with Crippen LogP contribution in [0, 0.1) is 0 Å².